The van der Waals surface area contributed by atoms with E-state index in [1.165, 1.54) is 6.07 Å². The van der Waals surface area contributed by atoms with Crippen LogP contribution >= 0.6 is 11.8 Å². The Kier molecular flexibility index (Phi) is 3.64. The number of nitrogen functional groups attached to an aromatic ring is 1. The predicted molar refractivity (Wildman–Crippen MR) is 69.3 cm³/mol. The van der Waals surface area contributed by atoms with E-state index in [9.17, 15) is 4.39 Å². The lowest BCUT2D eigenvalue weighted by molar-refractivity contribution is 0.626. The number of aryl methyl sites for hydroxylation is 1. The second-order valence-electron chi connectivity index (χ2n) is 3.79. The number of hydrogen-bond acceptors (Lipinski definition) is 3. The van der Waals surface area contributed by atoms with Gasteiger partial charge in [-0.3, -0.25) is 0 Å². The summed E-state index contributed by atoms with van der Waals surface area (Å²) in [6.07, 6.45) is 1.63. The first-order valence-electron chi connectivity index (χ1n) is 5.24. The molecule has 2 aromatic rings. The lowest BCUT2D eigenvalue weighted by atomic mass is 10.1. The van der Waals surface area contributed by atoms with Crippen LogP contribution in [0.5, 0.6) is 0 Å². The first kappa shape index (κ1) is 11.9. The quantitative estimate of drug-likeness (QED) is 0.846. The summed E-state index contributed by atoms with van der Waals surface area (Å²) in [5, 5.41) is 0.892. The van der Waals surface area contributed by atoms with Crippen LogP contribution in [0.15, 0.2) is 41.6 Å². The van der Waals surface area contributed by atoms with Gasteiger partial charge in [-0.1, -0.05) is 6.07 Å². The van der Waals surface area contributed by atoms with Gasteiger partial charge in [0.15, 0.2) is 0 Å². The van der Waals surface area contributed by atoms with Crippen LogP contribution in [0.1, 0.15) is 11.1 Å². The van der Waals surface area contributed by atoms with E-state index in [4.69, 9.17) is 5.73 Å². The molecular formula is C13H13FN2S. The maximum Gasteiger partial charge on any atom is 0.123 e. The summed E-state index contributed by atoms with van der Waals surface area (Å²) in [6, 6.07) is 8.52. The molecule has 4 heteroatoms. The van der Waals surface area contributed by atoms with Gasteiger partial charge in [-0.05, 0) is 42.3 Å². The Morgan fingerprint density at radius 3 is 2.82 bits per heavy atom. The zero-order valence-electron chi connectivity index (χ0n) is 9.48. The molecule has 88 valence electrons. The van der Waals surface area contributed by atoms with Gasteiger partial charge in [0.2, 0.25) is 0 Å². The third-order valence-electron chi connectivity index (χ3n) is 2.45. The monoisotopic (exact) mass is 248 g/mol. The van der Waals surface area contributed by atoms with Gasteiger partial charge in [-0.2, -0.15) is 0 Å². The highest BCUT2D eigenvalue weighted by Gasteiger charge is 2.02. The van der Waals surface area contributed by atoms with E-state index >= 15 is 0 Å². The minimum absolute atomic E-state index is 0.198. The standard InChI is InChI=1S/C13H13FN2S/c1-9-2-3-11(14)6-10(9)8-17-13-5-4-12(15)7-16-13/h2-7H,8,15H2,1H3. The van der Waals surface area contributed by atoms with Crippen LogP contribution in [-0.4, -0.2) is 4.98 Å². The molecule has 0 aliphatic heterocycles. The Bertz CT molecular complexity index is 511. The molecule has 0 amide bonds. The zero-order chi connectivity index (χ0) is 12.3. The molecule has 0 saturated carbocycles. The fourth-order valence-electron chi connectivity index (χ4n) is 1.42. The average Bonchev–Trinajstić information content (AvgIpc) is 2.32. The van der Waals surface area contributed by atoms with Crippen LogP contribution in [0.4, 0.5) is 10.1 Å². The Morgan fingerprint density at radius 1 is 1.29 bits per heavy atom. The van der Waals surface area contributed by atoms with Crippen molar-refractivity contribution in [2.45, 2.75) is 17.7 Å². The van der Waals surface area contributed by atoms with Gasteiger partial charge in [-0.25, -0.2) is 9.37 Å². The van der Waals surface area contributed by atoms with Crippen molar-refractivity contribution in [3.05, 3.63) is 53.5 Å². The van der Waals surface area contributed by atoms with Gasteiger partial charge in [0, 0.05) is 5.75 Å². The van der Waals surface area contributed by atoms with Crippen LogP contribution in [0.3, 0.4) is 0 Å². The fourth-order valence-corrected chi connectivity index (χ4v) is 2.33. The molecule has 0 radical (unpaired) electrons. The average molecular weight is 248 g/mol. The van der Waals surface area contributed by atoms with E-state index in [-0.39, 0.29) is 5.82 Å². The van der Waals surface area contributed by atoms with Crippen LogP contribution in [-0.2, 0) is 5.75 Å². The summed E-state index contributed by atoms with van der Waals surface area (Å²) < 4.78 is 13.1. The molecule has 1 aromatic carbocycles. The highest BCUT2D eigenvalue weighted by molar-refractivity contribution is 7.98. The van der Waals surface area contributed by atoms with Gasteiger partial charge in [0.05, 0.1) is 16.9 Å². The van der Waals surface area contributed by atoms with Crippen LogP contribution in [0.2, 0.25) is 0 Å². The van der Waals surface area contributed by atoms with Gasteiger partial charge < -0.3 is 5.73 Å². The highest BCUT2D eigenvalue weighted by atomic mass is 32.2. The maximum atomic E-state index is 13.1. The van der Waals surface area contributed by atoms with E-state index in [1.54, 1.807) is 30.1 Å². The van der Waals surface area contributed by atoms with Gasteiger partial charge in [0.1, 0.15) is 5.82 Å². The Balaban J connectivity index is 2.07. The Hall–Kier alpha value is -1.55. The van der Waals surface area contributed by atoms with E-state index in [2.05, 4.69) is 4.98 Å². The number of hydrogen-bond donors (Lipinski definition) is 1. The molecule has 0 unspecified atom stereocenters. The molecule has 1 aromatic heterocycles. The minimum atomic E-state index is -0.198. The van der Waals surface area contributed by atoms with E-state index in [1.807, 2.05) is 19.1 Å². The van der Waals surface area contributed by atoms with Gasteiger partial charge in [0.25, 0.3) is 0 Å². The Labute approximate surface area is 104 Å². The maximum absolute atomic E-state index is 13.1. The van der Waals surface area contributed by atoms with Gasteiger partial charge >= 0.3 is 0 Å². The molecule has 0 fully saturated rings. The third kappa shape index (κ3) is 3.20. The summed E-state index contributed by atoms with van der Waals surface area (Å²) >= 11 is 1.57. The number of nitrogens with zero attached hydrogens (tertiary/aromatic N) is 1. The van der Waals surface area contributed by atoms with Crippen molar-refractivity contribution in [2.24, 2.45) is 0 Å². The predicted octanol–water partition coefficient (Wildman–Crippen LogP) is 3.40. The number of aromatic nitrogens is 1. The van der Waals surface area contributed by atoms with E-state index < -0.39 is 0 Å². The van der Waals surface area contributed by atoms with Crippen molar-refractivity contribution in [2.75, 3.05) is 5.73 Å². The van der Waals surface area contributed by atoms with E-state index in [0.29, 0.717) is 11.4 Å². The molecule has 2 rings (SSSR count). The number of anilines is 1. The molecule has 0 spiro atoms. The summed E-state index contributed by atoms with van der Waals surface area (Å²) in [6.45, 7) is 1.98. The summed E-state index contributed by atoms with van der Waals surface area (Å²) in [5.41, 5.74) is 8.29. The summed E-state index contributed by atoms with van der Waals surface area (Å²) in [4.78, 5) is 4.19. The number of benzene rings is 1. The van der Waals surface area contributed by atoms with Crippen molar-refractivity contribution < 1.29 is 4.39 Å². The molecule has 2 nitrogen and oxygen atoms in total. The second-order valence-corrected chi connectivity index (χ2v) is 4.78. The molecule has 0 atom stereocenters. The molecule has 0 bridgehead atoms. The SMILES string of the molecule is Cc1ccc(F)cc1CSc1ccc(N)cn1. The van der Waals surface area contributed by atoms with Crippen LogP contribution < -0.4 is 5.73 Å². The Morgan fingerprint density at radius 2 is 2.12 bits per heavy atom. The smallest absolute Gasteiger partial charge is 0.123 e. The molecular weight excluding hydrogens is 235 g/mol. The lowest BCUT2D eigenvalue weighted by Gasteiger charge is -2.05. The number of thioether (sulfide) groups is 1. The number of pyridine rings is 1. The van der Waals surface area contributed by atoms with Crippen molar-refractivity contribution in [1.82, 2.24) is 4.98 Å². The van der Waals surface area contributed by atoms with Crippen molar-refractivity contribution >= 4 is 17.4 Å². The summed E-state index contributed by atoms with van der Waals surface area (Å²) in [5.74, 6) is 0.511. The minimum Gasteiger partial charge on any atom is -0.397 e. The van der Waals surface area contributed by atoms with Crippen molar-refractivity contribution in [1.29, 1.82) is 0 Å². The molecule has 1 heterocycles. The van der Waals surface area contributed by atoms with Crippen molar-refractivity contribution in [3.63, 3.8) is 0 Å². The second kappa shape index (κ2) is 5.19. The summed E-state index contributed by atoms with van der Waals surface area (Å²) in [7, 11) is 0. The number of nitrogens with two attached hydrogens (primary N) is 1. The normalized spacial score (nSPS) is 10.5. The fraction of sp³-hybridized carbons (Fsp3) is 0.154. The number of halogens is 1. The molecule has 2 N–H and O–H groups in total. The molecule has 17 heavy (non-hydrogen) atoms. The topological polar surface area (TPSA) is 38.9 Å². The van der Waals surface area contributed by atoms with E-state index in [0.717, 1.165) is 16.2 Å². The lowest BCUT2D eigenvalue weighted by Crippen LogP contribution is -1.90. The van der Waals surface area contributed by atoms with Crippen LogP contribution in [0.25, 0.3) is 0 Å². The molecule has 0 saturated heterocycles. The van der Waals surface area contributed by atoms with Gasteiger partial charge in [-0.15, -0.1) is 11.8 Å². The first-order valence-corrected chi connectivity index (χ1v) is 6.23. The third-order valence-corrected chi connectivity index (χ3v) is 3.44. The largest absolute Gasteiger partial charge is 0.397 e. The molecule has 0 aliphatic carbocycles. The van der Waals surface area contributed by atoms with Crippen molar-refractivity contribution in [3.8, 4) is 0 Å². The number of rotatable bonds is 3. The highest BCUT2D eigenvalue weighted by Crippen LogP contribution is 2.23. The zero-order valence-corrected chi connectivity index (χ0v) is 10.3. The van der Waals surface area contributed by atoms with Crippen LogP contribution in [0, 0.1) is 12.7 Å². The first-order chi connectivity index (χ1) is 8.15. The molecule has 0 aliphatic rings.